The number of thiophene rings is 1. The SMILES string of the molecule is CC(=O)N(c1ccccc1)c1nc(/C=C/C(=O)c2cccs2)cs1. The van der Waals surface area contributed by atoms with E-state index in [1.54, 1.807) is 17.0 Å². The van der Waals surface area contributed by atoms with Gasteiger partial charge in [-0.25, -0.2) is 4.98 Å². The smallest absolute Gasteiger partial charge is 0.230 e. The second-order valence-electron chi connectivity index (χ2n) is 4.92. The van der Waals surface area contributed by atoms with E-state index in [1.165, 1.54) is 35.7 Å². The fourth-order valence-corrected chi connectivity index (χ4v) is 3.62. The van der Waals surface area contributed by atoms with Crippen LogP contribution in [-0.4, -0.2) is 16.7 Å². The third-order valence-electron chi connectivity index (χ3n) is 3.20. The largest absolute Gasteiger partial charge is 0.288 e. The third-order valence-corrected chi connectivity index (χ3v) is 4.93. The molecule has 0 aliphatic heterocycles. The lowest BCUT2D eigenvalue weighted by molar-refractivity contribution is -0.115. The zero-order valence-corrected chi connectivity index (χ0v) is 14.5. The molecule has 0 unspecified atom stereocenters. The molecule has 0 saturated carbocycles. The summed E-state index contributed by atoms with van der Waals surface area (Å²) in [4.78, 5) is 30.7. The second-order valence-corrected chi connectivity index (χ2v) is 6.70. The summed E-state index contributed by atoms with van der Waals surface area (Å²) in [6.45, 7) is 1.50. The Morgan fingerprint density at radius 1 is 1.08 bits per heavy atom. The van der Waals surface area contributed by atoms with Crippen LogP contribution in [0.25, 0.3) is 6.08 Å². The summed E-state index contributed by atoms with van der Waals surface area (Å²) in [7, 11) is 0. The molecule has 0 fully saturated rings. The Labute approximate surface area is 147 Å². The number of hydrogen-bond donors (Lipinski definition) is 0. The van der Waals surface area contributed by atoms with Crippen molar-refractivity contribution in [1.29, 1.82) is 0 Å². The van der Waals surface area contributed by atoms with Gasteiger partial charge >= 0.3 is 0 Å². The van der Waals surface area contributed by atoms with E-state index in [-0.39, 0.29) is 11.7 Å². The standard InChI is InChI=1S/C18H14N2O2S2/c1-13(21)20(15-6-3-2-4-7-15)18-19-14(12-24-18)9-10-16(22)17-8-5-11-23-17/h2-12H,1H3/b10-9+. The van der Waals surface area contributed by atoms with Crippen molar-refractivity contribution in [3.05, 3.63) is 69.9 Å². The number of rotatable bonds is 5. The van der Waals surface area contributed by atoms with Gasteiger partial charge in [0.25, 0.3) is 0 Å². The van der Waals surface area contributed by atoms with Gasteiger partial charge in [-0.3, -0.25) is 14.5 Å². The summed E-state index contributed by atoms with van der Waals surface area (Å²) in [5.41, 5.74) is 1.42. The van der Waals surface area contributed by atoms with E-state index in [0.717, 1.165) is 5.69 Å². The molecule has 0 spiro atoms. The highest BCUT2D eigenvalue weighted by molar-refractivity contribution is 7.14. The number of amides is 1. The lowest BCUT2D eigenvalue weighted by Crippen LogP contribution is -2.22. The first-order valence-corrected chi connectivity index (χ1v) is 8.98. The van der Waals surface area contributed by atoms with E-state index >= 15 is 0 Å². The number of carbonyl (C=O) groups excluding carboxylic acids is 2. The molecule has 0 radical (unpaired) electrons. The average molecular weight is 354 g/mol. The van der Waals surface area contributed by atoms with E-state index in [9.17, 15) is 9.59 Å². The molecule has 24 heavy (non-hydrogen) atoms. The predicted octanol–water partition coefficient (Wildman–Crippen LogP) is 4.79. The topological polar surface area (TPSA) is 50.3 Å². The number of para-hydroxylation sites is 1. The molecule has 0 saturated heterocycles. The number of allylic oxidation sites excluding steroid dienone is 1. The molecular weight excluding hydrogens is 340 g/mol. The quantitative estimate of drug-likeness (QED) is 0.489. The Bertz CT molecular complexity index is 868. The van der Waals surface area contributed by atoms with Crippen molar-refractivity contribution in [2.75, 3.05) is 4.90 Å². The van der Waals surface area contributed by atoms with Gasteiger partial charge in [0.1, 0.15) is 0 Å². The van der Waals surface area contributed by atoms with E-state index in [0.29, 0.717) is 15.7 Å². The molecule has 120 valence electrons. The first-order valence-electron chi connectivity index (χ1n) is 7.22. The second kappa shape index (κ2) is 7.33. The van der Waals surface area contributed by atoms with Crippen LogP contribution in [0.3, 0.4) is 0 Å². The number of carbonyl (C=O) groups is 2. The lowest BCUT2D eigenvalue weighted by Gasteiger charge is -2.17. The highest BCUT2D eigenvalue weighted by atomic mass is 32.1. The van der Waals surface area contributed by atoms with Gasteiger partial charge in [-0.1, -0.05) is 24.3 Å². The zero-order chi connectivity index (χ0) is 16.9. The zero-order valence-electron chi connectivity index (χ0n) is 12.9. The molecule has 3 aromatic rings. The van der Waals surface area contributed by atoms with Crippen molar-refractivity contribution in [1.82, 2.24) is 4.98 Å². The maximum Gasteiger partial charge on any atom is 0.230 e. The van der Waals surface area contributed by atoms with Crippen molar-refractivity contribution in [2.45, 2.75) is 6.92 Å². The first-order chi connectivity index (χ1) is 11.6. The van der Waals surface area contributed by atoms with Crippen LogP contribution in [0.2, 0.25) is 0 Å². The third kappa shape index (κ3) is 3.67. The minimum Gasteiger partial charge on any atom is -0.288 e. The molecule has 0 N–H and O–H groups in total. The van der Waals surface area contributed by atoms with Crippen LogP contribution in [0.4, 0.5) is 10.8 Å². The number of nitrogens with zero attached hydrogens (tertiary/aromatic N) is 2. The van der Waals surface area contributed by atoms with Gasteiger partial charge in [0, 0.05) is 12.3 Å². The van der Waals surface area contributed by atoms with Crippen molar-refractivity contribution in [3.8, 4) is 0 Å². The van der Waals surface area contributed by atoms with Crippen LogP contribution >= 0.6 is 22.7 Å². The van der Waals surface area contributed by atoms with Gasteiger partial charge in [-0.2, -0.15) is 0 Å². The summed E-state index contributed by atoms with van der Waals surface area (Å²) in [5, 5.41) is 4.27. The number of thiazole rings is 1. The highest BCUT2D eigenvalue weighted by Crippen LogP contribution is 2.29. The number of aromatic nitrogens is 1. The monoisotopic (exact) mass is 354 g/mol. The van der Waals surface area contributed by atoms with Crippen LogP contribution < -0.4 is 4.90 Å². The fraction of sp³-hybridized carbons (Fsp3) is 0.0556. The minimum atomic E-state index is -0.110. The molecule has 2 heterocycles. The van der Waals surface area contributed by atoms with Gasteiger partial charge in [0.2, 0.25) is 5.91 Å². The molecule has 1 aromatic carbocycles. The Morgan fingerprint density at radius 3 is 2.54 bits per heavy atom. The molecule has 3 rings (SSSR count). The first kappa shape index (κ1) is 16.3. The van der Waals surface area contributed by atoms with E-state index in [1.807, 2.05) is 47.2 Å². The van der Waals surface area contributed by atoms with Gasteiger partial charge in [0.15, 0.2) is 10.9 Å². The molecule has 1 amide bonds. The van der Waals surface area contributed by atoms with E-state index in [2.05, 4.69) is 4.98 Å². The summed E-state index contributed by atoms with van der Waals surface area (Å²) in [6, 6.07) is 13.0. The van der Waals surface area contributed by atoms with Crippen molar-refractivity contribution in [3.63, 3.8) is 0 Å². The fourth-order valence-electron chi connectivity index (χ4n) is 2.12. The van der Waals surface area contributed by atoms with E-state index < -0.39 is 0 Å². The Hall–Kier alpha value is -2.57. The summed E-state index contributed by atoms with van der Waals surface area (Å²) < 4.78 is 0. The molecule has 6 heteroatoms. The molecule has 4 nitrogen and oxygen atoms in total. The van der Waals surface area contributed by atoms with Gasteiger partial charge in [-0.05, 0) is 35.7 Å². The van der Waals surface area contributed by atoms with Gasteiger partial charge in [0.05, 0.1) is 16.3 Å². The van der Waals surface area contributed by atoms with E-state index in [4.69, 9.17) is 0 Å². The molecule has 0 atom stereocenters. The summed E-state index contributed by atoms with van der Waals surface area (Å²) in [5.74, 6) is -0.160. The minimum absolute atomic E-state index is 0.0500. The summed E-state index contributed by atoms with van der Waals surface area (Å²) in [6.07, 6.45) is 3.18. The van der Waals surface area contributed by atoms with Crippen LogP contribution in [-0.2, 0) is 4.79 Å². The maximum absolute atomic E-state index is 12.0. The summed E-state index contributed by atoms with van der Waals surface area (Å²) >= 11 is 2.77. The maximum atomic E-state index is 12.0. The van der Waals surface area contributed by atoms with Gasteiger partial charge in [-0.15, -0.1) is 22.7 Å². The Balaban J connectivity index is 1.81. The van der Waals surface area contributed by atoms with Crippen molar-refractivity contribution >= 4 is 51.3 Å². The van der Waals surface area contributed by atoms with Crippen molar-refractivity contribution in [2.24, 2.45) is 0 Å². The molecular formula is C18H14N2O2S2. The number of hydrogen-bond acceptors (Lipinski definition) is 5. The highest BCUT2D eigenvalue weighted by Gasteiger charge is 2.17. The number of ketones is 1. The Morgan fingerprint density at radius 2 is 1.88 bits per heavy atom. The van der Waals surface area contributed by atoms with Gasteiger partial charge < -0.3 is 0 Å². The molecule has 0 bridgehead atoms. The van der Waals surface area contributed by atoms with Crippen LogP contribution in [0, 0.1) is 0 Å². The number of anilines is 2. The molecule has 2 aromatic heterocycles. The van der Waals surface area contributed by atoms with Crippen LogP contribution in [0.5, 0.6) is 0 Å². The predicted molar refractivity (Wildman–Crippen MR) is 99.1 cm³/mol. The average Bonchev–Trinajstić information content (AvgIpc) is 3.26. The molecule has 0 aliphatic rings. The normalized spacial score (nSPS) is 10.9. The molecule has 0 aliphatic carbocycles. The van der Waals surface area contributed by atoms with Crippen LogP contribution in [0.15, 0.2) is 59.3 Å². The lowest BCUT2D eigenvalue weighted by atomic mass is 10.3. The number of benzene rings is 1. The Kier molecular flexibility index (Phi) is 4.98. The van der Waals surface area contributed by atoms with Crippen LogP contribution in [0.1, 0.15) is 22.3 Å². The van der Waals surface area contributed by atoms with Crippen molar-refractivity contribution < 1.29 is 9.59 Å².